The van der Waals surface area contributed by atoms with E-state index in [1.165, 1.54) is 11.8 Å². The average molecular weight is 437 g/mol. The normalized spacial score (nSPS) is 15.5. The predicted molar refractivity (Wildman–Crippen MR) is 125 cm³/mol. The molecule has 3 aromatic rings. The summed E-state index contributed by atoms with van der Waals surface area (Å²) in [6, 6.07) is 19.1. The van der Waals surface area contributed by atoms with Gasteiger partial charge >= 0.3 is 0 Å². The number of hydrogen-bond acceptors (Lipinski definition) is 5. The molecule has 4 rings (SSSR count). The van der Waals surface area contributed by atoms with Crippen molar-refractivity contribution in [2.45, 2.75) is 6.54 Å². The van der Waals surface area contributed by atoms with Crippen LogP contribution in [0.25, 0.3) is 10.8 Å². The molecule has 1 amide bonds. The number of carbonyl (C=O) groups is 1. The number of aromatic hydroxyl groups is 1. The summed E-state index contributed by atoms with van der Waals surface area (Å²) < 4.78 is 0. The van der Waals surface area contributed by atoms with Crippen LogP contribution in [0, 0.1) is 0 Å². The quantitative estimate of drug-likeness (QED) is 0.458. The second-order valence-corrected chi connectivity index (χ2v) is 8.13. The Morgan fingerprint density at radius 1 is 1.00 bits per heavy atom. The zero-order valence-electron chi connectivity index (χ0n) is 17.2. The van der Waals surface area contributed by atoms with Gasteiger partial charge in [0, 0.05) is 43.3 Å². The minimum atomic E-state index is -0.165. The van der Waals surface area contributed by atoms with Gasteiger partial charge in [-0.25, -0.2) is 5.43 Å². The zero-order chi connectivity index (χ0) is 21.6. The van der Waals surface area contributed by atoms with Crippen LogP contribution in [0.1, 0.15) is 11.1 Å². The first-order chi connectivity index (χ1) is 15.1. The summed E-state index contributed by atoms with van der Waals surface area (Å²) in [5.74, 6) is -0.0318. The Morgan fingerprint density at radius 2 is 1.71 bits per heavy atom. The molecule has 0 saturated carbocycles. The largest absolute Gasteiger partial charge is 0.507 e. The summed E-state index contributed by atoms with van der Waals surface area (Å²) in [5, 5.41) is 16.9. The standard InChI is InChI=1S/C24H25ClN4O2/c25-20-8-5-18(6-9-20)16-28-11-13-29(14-12-28)17-24(31)27-26-15-22-21-4-2-1-3-19(21)7-10-23(22)30/h1-10,15,30H,11-14,16-17H2,(H,27,31)/b26-15-. The third-order valence-corrected chi connectivity index (χ3v) is 5.73. The number of piperazine rings is 1. The van der Waals surface area contributed by atoms with Crippen molar-refractivity contribution < 1.29 is 9.90 Å². The van der Waals surface area contributed by atoms with Crippen LogP contribution in [0.5, 0.6) is 5.75 Å². The van der Waals surface area contributed by atoms with E-state index in [1.54, 1.807) is 6.07 Å². The number of benzene rings is 3. The zero-order valence-corrected chi connectivity index (χ0v) is 17.9. The molecule has 160 valence electrons. The van der Waals surface area contributed by atoms with Gasteiger partial charge in [0.1, 0.15) is 5.75 Å². The third kappa shape index (κ3) is 5.61. The van der Waals surface area contributed by atoms with E-state index in [-0.39, 0.29) is 11.7 Å². The van der Waals surface area contributed by atoms with Crippen molar-refractivity contribution in [3.05, 3.63) is 76.8 Å². The highest BCUT2D eigenvalue weighted by Crippen LogP contribution is 2.25. The predicted octanol–water partition coefficient (Wildman–Crippen LogP) is 3.47. The van der Waals surface area contributed by atoms with E-state index in [0.717, 1.165) is 48.5 Å². The molecule has 1 heterocycles. The summed E-state index contributed by atoms with van der Waals surface area (Å²) in [6.07, 6.45) is 1.50. The molecule has 0 aromatic heterocycles. The minimum Gasteiger partial charge on any atom is -0.507 e. The van der Waals surface area contributed by atoms with Gasteiger partial charge in [-0.05, 0) is 34.5 Å². The van der Waals surface area contributed by atoms with Crippen molar-refractivity contribution >= 4 is 34.5 Å². The Hall–Kier alpha value is -2.93. The Labute approximate surface area is 186 Å². The van der Waals surface area contributed by atoms with Crippen LogP contribution in [-0.2, 0) is 11.3 Å². The monoisotopic (exact) mass is 436 g/mol. The maximum absolute atomic E-state index is 12.3. The molecule has 2 N–H and O–H groups in total. The van der Waals surface area contributed by atoms with Crippen LogP contribution in [0.15, 0.2) is 65.8 Å². The number of nitrogens with one attached hydrogen (secondary N) is 1. The summed E-state index contributed by atoms with van der Waals surface area (Å²) in [5.41, 5.74) is 4.41. The SMILES string of the molecule is O=C(CN1CCN(Cc2ccc(Cl)cc2)CC1)N/N=C\c1c(O)ccc2ccccc12. The Bertz CT molecular complexity index is 1080. The smallest absolute Gasteiger partial charge is 0.254 e. The molecule has 0 unspecified atom stereocenters. The number of halogens is 1. The molecule has 0 aliphatic carbocycles. The number of phenolic OH excluding ortho intramolecular Hbond substituents is 1. The van der Waals surface area contributed by atoms with Crippen molar-refractivity contribution in [1.29, 1.82) is 0 Å². The van der Waals surface area contributed by atoms with Gasteiger partial charge in [-0.3, -0.25) is 14.6 Å². The minimum absolute atomic E-state index is 0.133. The molecule has 1 saturated heterocycles. The van der Waals surface area contributed by atoms with Crippen molar-refractivity contribution in [2.75, 3.05) is 32.7 Å². The van der Waals surface area contributed by atoms with Crippen molar-refractivity contribution in [3.8, 4) is 5.75 Å². The molecule has 0 spiro atoms. The number of carbonyl (C=O) groups excluding carboxylic acids is 1. The van der Waals surface area contributed by atoms with Gasteiger partial charge in [0.2, 0.25) is 0 Å². The van der Waals surface area contributed by atoms with Gasteiger partial charge in [-0.15, -0.1) is 0 Å². The molecule has 3 aromatic carbocycles. The Morgan fingerprint density at radius 3 is 2.48 bits per heavy atom. The number of hydrazone groups is 1. The fraction of sp³-hybridized carbons (Fsp3) is 0.250. The highest BCUT2D eigenvalue weighted by Gasteiger charge is 2.19. The average Bonchev–Trinajstić information content (AvgIpc) is 2.78. The number of rotatable bonds is 6. The van der Waals surface area contributed by atoms with E-state index in [9.17, 15) is 9.90 Å². The molecular formula is C24H25ClN4O2. The Balaban J connectivity index is 1.26. The molecule has 7 heteroatoms. The van der Waals surface area contributed by atoms with Gasteiger partial charge in [-0.1, -0.05) is 54.1 Å². The third-order valence-electron chi connectivity index (χ3n) is 5.48. The van der Waals surface area contributed by atoms with Crippen LogP contribution < -0.4 is 5.43 Å². The molecule has 1 fully saturated rings. The topological polar surface area (TPSA) is 68.2 Å². The van der Waals surface area contributed by atoms with Crippen LogP contribution in [0.4, 0.5) is 0 Å². The number of hydrogen-bond donors (Lipinski definition) is 2. The fourth-order valence-electron chi connectivity index (χ4n) is 3.78. The molecule has 1 aliphatic rings. The highest BCUT2D eigenvalue weighted by molar-refractivity contribution is 6.30. The van der Waals surface area contributed by atoms with Crippen molar-refractivity contribution in [1.82, 2.24) is 15.2 Å². The molecule has 0 radical (unpaired) electrons. The molecular weight excluding hydrogens is 412 g/mol. The molecule has 0 atom stereocenters. The van der Waals surface area contributed by atoms with Crippen LogP contribution in [0.3, 0.4) is 0 Å². The summed E-state index contributed by atoms with van der Waals surface area (Å²) in [6.45, 7) is 4.65. The van der Waals surface area contributed by atoms with Gasteiger partial charge in [0.15, 0.2) is 0 Å². The lowest BCUT2D eigenvalue weighted by molar-refractivity contribution is -0.122. The maximum Gasteiger partial charge on any atom is 0.254 e. The number of fused-ring (bicyclic) bond motifs is 1. The van der Waals surface area contributed by atoms with Crippen LogP contribution >= 0.6 is 11.6 Å². The fourth-order valence-corrected chi connectivity index (χ4v) is 3.91. The second-order valence-electron chi connectivity index (χ2n) is 7.69. The van der Waals surface area contributed by atoms with Crippen molar-refractivity contribution in [3.63, 3.8) is 0 Å². The van der Waals surface area contributed by atoms with Crippen molar-refractivity contribution in [2.24, 2.45) is 5.10 Å². The Kier molecular flexibility index (Phi) is 6.82. The van der Waals surface area contributed by atoms with E-state index >= 15 is 0 Å². The molecule has 0 bridgehead atoms. The van der Waals surface area contributed by atoms with Crippen LogP contribution in [0.2, 0.25) is 5.02 Å². The number of amides is 1. The van der Waals surface area contributed by atoms with Gasteiger partial charge < -0.3 is 5.11 Å². The molecule has 1 aliphatic heterocycles. The summed E-state index contributed by atoms with van der Waals surface area (Å²) in [7, 11) is 0. The van der Waals surface area contributed by atoms with Gasteiger partial charge in [-0.2, -0.15) is 5.10 Å². The van der Waals surface area contributed by atoms with Gasteiger partial charge in [0.05, 0.1) is 12.8 Å². The first-order valence-corrected chi connectivity index (χ1v) is 10.7. The maximum atomic E-state index is 12.3. The first-order valence-electron chi connectivity index (χ1n) is 10.3. The summed E-state index contributed by atoms with van der Waals surface area (Å²) >= 11 is 5.95. The first kappa shape index (κ1) is 21.3. The molecule has 31 heavy (non-hydrogen) atoms. The lowest BCUT2D eigenvalue weighted by Crippen LogP contribution is -2.48. The molecule has 6 nitrogen and oxygen atoms in total. The van der Waals surface area contributed by atoms with E-state index in [0.29, 0.717) is 12.1 Å². The number of nitrogens with zero attached hydrogens (tertiary/aromatic N) is 3. The highest BCUT2D eigenvalue weighted by atomic mass is 35.5. The van der Waals surface area contributed by atoms with Gasteiger partial charge in [0.25, 0.3) is 5.91 Å². The lowest BCUT2D eigenvalue weighted by atomic mass is 10.0. The van der Waals surface area contributed by atoms with E-state index in [1.807, 2.05) is 54.6 Å². The van der Waals surface area contributed by atoms with E-state index in [4.69, 9.17) is 11.6 Å². The number of phenols is 1. The van der Waals surface area contributed by atoms with E-state index in [2.05, 4.69) is 20.3 Å². The van der Waals surface area contributed by atoms with E-state index < -0.39 is 0 Å². The van der Waals surface area contributed by atoms with Crippen LogP contribution in [-0.4, -0.2) is 59.8 Å². The lowest BCUT2D eigenvalue weighted by Gasteiger charge is -2.34. The summed E-state index contributed by atoms with van der Waals surface area (Å²) in [4.78, 5) is 16.8. The second kappa shape index (κ2) is 9.92.